The summed E-state index contributed by atoms with van der Waals surface area (Å²) in [5, 5.41) is 9.84. The SMILES string of the molecule is O=C(CSc1ccc(-c2ccc(-n3ccnc3)cc2)nn1)c1ccc(Cl)cc1. The second kappa shape index (κ2) is 8.37. The van der Waals surface area contributed by atoms with Gasteiger partial charge >= 0.3 is 0 Å². The minimum Gasteiger partial charge on any atom is -0.306 e. The molecule has 0 radical (unpaired) electrons. The van der Waals surface area contributed by atoms with Crippen LogP contribution in [0.5, 0.6) is 0 Å². The molecule has 28 heavy (non-hydrogen) atoms. The van der Waals surface area contributed by atoms with Crippen LogP contribution < -0.4 is 0 Å². The van der Waals surface area contributed by atoms with Crippen molar-refractivity contribution in [1.82, 2.24) is 19.7 Å². The van der Waals surface area contributed by atoms with E-state index < -0.39 is 0 Å². The largest absolute Gasteiger partial charge is 0.306 e. The summed E-state index contributed by atoms with van der Waals surface area (Å²) in [7, 11) is 0. The monoisotopic (exact) mass is 406 g/mol. The molecule has 4 aromatic rings. The van der Waals surface area contributed by atoms with Crippen LogP contribution in [0.15, 0.2) is 84.4 Å². The van der Waals surface area contributed by atoms with E-state index in [0.717, 1.165) is 16.9 Å². The van der Waals surface area contributed by atoms with Gasteiger partial charge in [0.2, 0.25) is 0 Å². The predicted octanol–water partition coefficient (Wildman–Crippen LogP) is 4.96. The number of imidazole rings is 1. The highest BCUT2D eigenvalue weighted by Gasteiger charge is 2.08. The second-order valence-electron chi connectivity index (χ2n) is 5.99. The fraction of sp³-hybridized carbons (Fsp3) is 0.0476. The molecular weight excluding hydrogens is 392 g/mol. The van der Waals surface area contributed by atoms with Crippen molar-refractivity contribution in [3.63, 3.8) is 0 Å². The summed E-state index contributed by atoms with van der Waals surface area (Å²) in [5.41, 5.74) is 3.43. The first-order valence-corrected chi connectivity index (χ1v) is 9.89. The lowest BCUT2D eigenvalue weighted by Gasteiger charge is -2.05. The third-order valence-corrected chi connectivity index (χ3v) is 5.30. The Morgan fingerprint density at radius 2 is 1.75 bits per heavy atom. The molecule has 0 unspecified atom stereocenters. The Bertz CT molecular complexity index is 1060. The Hall–Kier alpha value is -2.96. The highest BCUT2D eigenvalue weighted by Crippen LogP contribution is 2.22. The minimum absolute atomic E-state index is 0.0302. The summed E-state index contributed by atoms with van der Waals surface area (Å²) in [6.45, 7) is 0. The molecule has 0 fully saturated rings. The zero-order valence-electron chi connectivity index (χ0n) is 14.7. The zero-order chi connectivity index (χ0) is 19.3. The number of hydrogen-bond acceptors (Lipinski definition) is 5. The number of nitrogens with zero attached hydrogens (tertiary/aromatic N) is 4. The summed E-state index contributed by atoms with van der Waals surface area (Å²) in [4.78, 5) is 16.3. The number of benzene rings is 2. The first-order valence-electron chi connectivity index (χ1n) is 8.53. The predicted molar refractivity (Wildman–Crippen MR) is 111 cm³/mol. The van der Waals surface area contributed by atoms with Gasteiger partial charge in [-0.15, -0.1) is 10.2 Å². The molecular formula is C21H15ClN4OS. The van der Waals surface area contributed by atoms with Crippen LogP contribution in [-0.4, -0.2) is 31.3 Å². The molecule has 0 bridgehead atoms. The highest BCUT2D eigenvalue weighted by atomic mass is 35.5. The smallest absolute Gasteiger partial charge is 0.173 e. The second-order valence-corrected chi connectivity index (χ2v) is 7.42. The number of halogens is 1. The Labute approximate surface area is 171 Å². The van der Waals surface area contributed by atoms with Crippen molar-refractivity contribution in [1.29, 1.82) is 0 Å². The maximum absolute atomic E-state index is 12.2. The quantitative estimate of drug-likeness (QED) is 0.334. The van der Waals surface area contributed by atoms with E-state index in [1.165, 1.54) is 11.8 Å². The van der Waals surface area contributed by atoms with E-state index >= 15 is 0 Å². The van der Waals surface area contributed by atoms with Gasteiger partial charge in [0, 0.05) is 34.2 Å². The maximum Gasteiger partial charge on any atom is 0.173 e. The van der Waals surface area contributed by atoms with Crippen LogP contribution >= 0.6 is 23.4 Å². The molecule has 4 rings (SSSR count). The first kappa shape index (κ1) is 18.4. The van der Waals surface area contributed by atoms with Crippen molar-refractivity contribution < 1.29 is 4.79 Å². The minimum atomic E-state index is 0.0302. The Kier molecular flexibility index (Phi) is 5.50. The Balaban J connectivity index is 1.39. The standard InChI is InChI=1S/C21H15ClN4OS/c22-17-5-1-16(2-6-17)20(27)13-28-21-10-9-19(24-25-21)15-3-7-18(8-4-15)26-12-11-23-14-26/h1-12,14H,13H2. The van der Waals surface area contributed by atoms with Crippen LogP contribution in [0.4, 0.5) is 0 Å². The summed E-state index contributed by atoms with van der Waals surface area (Å²) in [6, 6.07) is 18.7. The summed E-state index contributed by atoms with van der Waals surface area (Å²) >= 11 is 7.22. The molecule has 138 valence electrons. The molecule has 0 aliphatic heterocycles. The molecule has 0 amide bonds. The molecule has 0 saturated carbocycles. The van der Waals surface area contributed by atoms with Crippen LogP contribution in [0.3, 0.4) is 0 Å². The van der Waals surface area contributed by atoms with Crippen LogP contribution in [0.1, 0.15) is 10.4 Å². The summed E-state index contributed by atoms with van der Waals surface area (Å²) in [6.07, 6.45) is 5.39. The number of carbonyl (C=O) groups is 1. The normalized spacial score (nSPS) is 10.8. The fourth-order valence-corrected chi connectivity index (χ4v) is 3.46. The Morgan fingerprint density at radius 3 is 2.39 bits per heavy atom. The lowest BCUT2D eigenvalue weighted by atomic mass is 10.1. The van der Waals surface area contributed by atoms with Gasteiger partial charge in [0.15, 0.2) is 5.78 Å². The fourth-order valence-electron chi connectivity index (χ4n) is 2.63. The van der Waals surface area contributed by atoms with E-state index in [2.05, 4.69) is 15.2 Å². The van der Waals surface area contributed by atoms with Crippen LogP contribution in [0.25, 0.3) is 16.9 Å². The van der Waals surface area contributed by atoms with Crippen molar-refractivity contribution in [2.75, 3.05) is 5.75 Å². The topological polar surface area (TPSA) is 60.7 Å². The number of rotatable bonds is 6. The van der Waals surface area contributed by atoms with Gasteiger partial charge < -0.3 is 4.57 Å². The third-order valence-electron chi connectivity index (χ3n) is 4.12. The molecule has 5 nitrogen and oxygen atoms in total. The van der Waals surface area contributed by atoms with Crippen molar-refractivity contribution in [2.24, 2.45) is 0 Å². The van der Waals surface area contributed by atoms with Crippen LogP contribution in [-0.2, 0) is 0 Å². The molecule has 0 N–H and O–H groups in total. The zero-order valence-corrected chi connectivity index (χ0v) is 16.3. The Morgan fingerprint density at radius 1 is 0.964 bits per heavy atom. The van der Waals surface area contributed by atoms with Gasteiger partial charge in [-0.25, -0.2) is 4.98 Å². The number of ketones is 1. The van der Waals surface area contributed by atoms with Gasteiger partial charge in [0.05, 0.1) is 17.8 Å². The van der Waals surface area contributed by atoms with E-state index in [4.69, 9.17) is 11.6 Å². The van der Waals surface area contributed by atoms with Crippen LogP contribution in [0.2, 0.25) is 5.02 Å². The van der Waals surface area contributed by atoms with E-state index in [9.17, 15) is 4.79 Å². The number of thioether (sulfide) groups is 1. The van der Waals surface area contributed by atoms with Crippen LogP contribution in [0, 0.1) is 0 Å². The molecule has 7 heteroatoms. The molecule has 0 aliphatic carbocycles. The summed E-state index contributed by atoms with van der Waals surface area (Å²) < 4.78 is 1.94. The number of carbonyl (C=O) groups excluding carboxylic acids is 1. The lowest BCUT2D eigenvalue weighted by Crippen LogP contribution is -2.02. The van der Waals surface area contributed by atoms with E-state index in [0.29, 0.717) is 21.4 Å². The average molecular weight is 407 g/mol. The molecule has 0 saturated heterocycles. The van der Waals surface area contributed by atoms with Crippen molar-refractivity contribution in [3.05, 3.63) is 90.0 Å². The molecule has 2 aromatic carbocycles. The third kappa shape index (κ3) is 4.30. The molecule has 0 spiro atoms. The van der Waals surface area contributed by atoms with Gasteiger partial charge in [-0.3, -0.25) is 4.79 Å². The molecule has 2 heterocycles. The van der Waals surface area contributed by atoms with Gasteiger partial charge in [0.1, 0.15) is 5.03 Å². The molecule has 0 atom stereocenters. The van der Waals surface area contributed by atoms with Crippen molar-refractivity contribution in [2.45, 2.75) is 5.03 Å². The van der Waals surface area contributed by atoms with Crippen molar-refractivity contribution in [3.8, 4) is 16.9 Å². The molecule has 0 aliphatic rings. The number of Topliss-reactive ketones (excluding diaryl/α,β-unsaturated/α-hetero) is 1. The van der Waals surface area contributed by atoms with Gasteiger partial charge in [-0.05, 0) is 48.5 Å². The average Bonchev–Trinajstić information content (AvgIpc) is 3.28. The van der Waals surface area contributed by atoms with Gasteiger partial charge in [-0.2, -0.15) is 0 Å². The summed E-state index contributed by atoms with van der Waals surface area (Å²) in [5.74, 6) is 0.331. The number of hydrogen-bond donors (Lipinski definition) is 0. The lowest BCUT2D eigenvalue weighted by molar-refractivity contribution is 0.102. The van der Waals surface area contributed by atoms with E-state index in [1.54, 1.807) is 36.8 Å². The van der Waals surface area contributed by atoms with E-state index in [-0.39, 0.29) is 5.78 Å². The van der Waals surface area contributed by atoms with Gasteiger partial charge in [0.25, 0.3) is 0 Å². The maximum atomic E-state index is 12.2. The van der Waals surface area contributed by atoms with E-state index in [1.807, 2.05) is 47.2 Å². The first-order chi connectivity index (χ1) is 13.7. The number of aromatic nitrogens is 4. The van der Waals surface area contributed by atoms with Gasteiger partial charge in [-0.1, -0.05) is 35.5 Å². The molecule has 2 aromatic heterocycles. The van der Waals surface area contributed by atoms with Crippen molar-refractivity contribution >= 4 is 29.1 Å². The highest BCUT2D eigenvalue weighted by molar-refractivity contribution is 7.99.